The van der Waals surface area contributed by atoms with Gasteiger partial charge in [-0.1, -0.05) is 66.7 Å². The van der Waals surface area contributed by atoms with Crippen LogP contribution in [0.2, 0.25) is 0 Å². The van der Waals surface area contributed by atoms with Gasteiger partial charge >= 0.3 is 6.09 Å². The second kappa shape index (κ2) is 12.9. The number of pyridine rings is 1. The predicted molar refractivity (Wildman–Crippen MR) is 161 cm³/mol. The van der Waals surface area contributed by atoms with Crippen molar-refractivity contribution in [2.24, 2.45) is 0 Å². The maximum atomic E-state index is 15.1. The number of nitrogens with zero attached hydrogens (tertiary/aromatic N) is 3. The summed E-state index contributed by atoms with van der Waals surface area (Å²) < 4.78 is 32.8. The van der Waals surface area contributed by atoms with E-state index < -0.39 is 5.60 Å². The minimum atomic E-state index is -0.564. The van der Waals surface area contributed by atoms with Gasteiger partial charge in [-0.15, -0.1) is 0 Å². The smallest absolute Gasteiger partial charge is 0.410 e. The molecule has 1 aliphatic heterocycles. The lowest BCUT2D eigenvalue weighted by molar-refractivity contribution is 0.0240. The van der Waals surface area contributed by atoms with Crippen LogP contribution in [0.25, 0.3) is 11.1 Å². The summed E-state index contributed by atoms with van der Waals surface area (Å²) in [7, 11) is 0. The minimum Gasteiger partial charge on any atom is -0.473 e. The average molecular weight is 570 g/mol. The predicted octanol–water partition coefficient (Wildman–Crippen LogP) is 7.10. The van der Waals surface area contributed by atoms with Crippen LogP contribution in [0.5, 0.6) is 11.8 Å². The molecular weight excluding hydrogens is 533 g/mol. The second-order valence-electron chi connectivity index (χ2n) is 11.2. The Hall–Kier alpha value is -4.59. The number of benzene rings is 3. The first-order chi connectivity index (χ1) is 20.2. The van der Waals surface area contributed by atoms with E-state index in [0.717, 1.165) is 22.3 Å². The van der Waals surface area contributed by atoms with Crippen LogP contribution in [0.3, 0.4) is 0 Å². The molecule has 218 valence electrons. The monoisotopic (exact) mass is 569 g/mol. The van der Waals surface area contributed by atoms with Gasteiger partial charge in [-0.3, -0.25) is 0 Å². The summed E-state index contributed by atoms with van der Waals surface area (Å²) in [5, 5.41) is 0. The van der Waals surface area contributed by atoms with Crippen LogP contribution in [0, 0.1) is 5.82 Å². The number of ether oxygens (including phenoxy) is 3. The van der Waals surface area contributed by atoms with Gasteiger partial charge in [0.05, 0.1) is 5.69 Å². The van der Waals surface area contributed by atoms with Gasteiger partial charge in [0, 0.05) is 37.8 Å². The number of carbonyl (C=O) groups is 1. The van der Waals surface area contributed by atoms with Gasteiger partial charge in [0.1, 0.15) is 24.6 Å². The largest absolute Gasteiger partial charge is 0.473 e. The number of halogens is 1. The molecule has 0 atom stereocenters. The summed E-state index contributed by atoms with van der Waals surface area (Å²) in [5.74, 6) is 0.509. The van der Waals surface area contributed by atoms with Crippen molar-refractivity contribution in [1.82, 2.24) is 9.88 Å². The zero-order valence-electron chi connectivity index (χ0n) is 24.3. The topological polar surface area (TPSA) is 64.1 Å². The molecule has 0 aliphatic carbocycles. The number of anilines is 1. The SMILES string of the molecule is CC(C)(C)OC(=O)N1CCN(c2cc(-c3ccc(OCc4ccccc4)nc3OCc3ccccc3)ccc2F)CC1. The highest BCUT2D eigenvalue weighted by Crippen LogP contribution is 2.35. The van der Waals surface area contributed by atoms with Crippen molar-refractivity contribution in [2.75, 3.05) is 31.1 Å². The maximum absolute atomic E-state index is 15.1. The van der Waals surface area contributed by atoms with Gasteiger partial charge in [0.25, 0.3) is 0 Å². The quantitative estimate of drug-likeness (QED) is 0.226. The Labute approximate surface area is 246 Å². The van der Waals surface area contributed by atoms with Crippen LogP contribution in [-0.2, 0) is 18.0 Å². The highest BCUT2D eigenvalue weighted by atomic mass is 19.1. The average Bonchev–Trinajstić information content (AvgIpc) is 3.00. The molecular formula is C34H36FN3O4. The Bertz CT molecular complexity index is 1480. The molecule has 0 N–H and O–H groups in total. The van der Waals surface area contributed by atoms with Gasteiger partial charge in [-0.2, -0.15) is 4.98 Å². The molecule has 1 aliphatic rings. The highest BCUT2D eigenvalue weighted by molar-refractivity contribution is 5.73. The molecule has 3 aromatic carbocycles. The normalized spacial score (nSPS) is 13.5. The third kappa shape index (κ3) is 7.57. The van der Waals surface area contributed by atoms with E-state index in [1.807, 2.05) is 98.5 Å². The molecule has 4 aromatic rings. The Kier molecular flexibility index (Phi) is 8.91. The van der Waals surface area contributed by atoms with E-state index in [9.17, 15) is 4.79 Å². The standard InChI is InChI=1S/C34H36FN3O4/c1-34(2,3)42-33(39)38-20-18-37(19-21-38)30-22-27(14-16-29(30)35)28-15-17-31(40-23-25-10-6-4-7-11-25)36-32(28)41-24-26-12-8-5-9-13-26/h4-17,22H,18-21,23-24H2,1-3H3. The number of amides is 1. The molecule has 1 amide bonds. The molecule has 1 saturated heterocycles. The van der Waals surface area contributed by atoms with E-state index >= 15 is 4.39 Å². The highest BCUT2D eigenvalue weighted by Gasteiger charge is 2.27. The maximum Gasteiger partial charge on any atom is 0.410 e. The molecule has 5 rings (SSSR count). The summed E-state index contributed by atoms with van der Waals surface area (Å²) in [4.78, 5) is 20.8. The first-order valence-corrected chi connectivity index (χ1v) is 14.1. The van der Waals surface area contributed by atoms with E-state index in [-0.39, 0.29) is 11.9 Å². The number of hydrogen-bond acceptors (Lipinski definition) is 6. The molecule has 1 aromatic heterocycles. The van der Waals surface area contributed by atoms with Crippen molar-refractivity contribution in [3.05, 3.63) is 108 Å². The Morgan fingerprint density at radius 2 is 1.43 bits per heavy atom. The number of aromatic nitrogens is 1. The Balaban J connectivity index is 1.36. The van der Waals surface area contributed by atoms with E-state index in [4.69, 9.17) is 19.2 Å². The first kappa shape index (κ1) is 28.9. The van der Waals surface area contributed by atoms with Crippen molar-refractivity contribution in [3.8, 4) is 22.9 Å². The van der Waals surface area contributed by atoms with Crippen molar-refractivity contribution in [3.63, 3.8) is 0 Å². The molecule has 0 radical (unpaired) electrons. The molecule has 8 heteroatoms. The van der Waals surface area contributed by atoms with Crippen LogP contribution >= 0.6 is 0 Å². The van der Waals surface area contributed by atoms with Crippen LogP contribution in [0.15, 0.2) is 91.0 Å². The minimum absolute atomic E-state index is 0.323. The van der Waals surface area contributed by atoms with Gasteiger partial charge in [-0.05, 0) is 55.7 Å². The second-order valence-corrected chi connectivity index (χ2v) is 11.2. The van der Waals surface area contributed by atoms with E-state index in [2.05, 4.69) is 0 Å². The number of piperazine rings is 1. The summed E-state index contributed by atoms with van der Waals surface area (Å²) in [6.45, 7) is 8.09. The van der Waals surface area contributed by atoms with Crippen LogP contribution in [0.4, 0.5) is 14.9 Å². The van der Waals surface area contributed by atoms with Crippen LogP contribution < -0.4 is 14.4 Å². The van der Waals surface area contributed by atoms with Crippen molar-refractivity contribution in [2.45, 2.75) is 39.6 Å². The lowest BCUT2D eigenvalue weighted by Crippen LogP contribution is -2.50. The molecule has 2 heterocycles. The van der Waals surface area contributed by atoms with Crippen LogP contribution in [-0.4, -0.2) is 47.8 Å². The van der Waals surface area contributed by atoms with Gasteiger partial charge < -0.3 is 24.0 Å². The molecule has 42 heavy (non-hydrogen) atoms. The van der Waals surface area contributed by atoms with E-state index in [1.165, 1.54) is 6.07 Å². The van der Waals surface area contributed by atoms with Gasteiger partial charge in [0.15, 0.2) is 0 Å². The lowest BCUT2D eigenvalue weighted by Gasteiger charge is -2.37. The summed E-state index contributed by atoms with van der Waals surface area (Å²) in [6.07, 6.45) is -0.350. The number of hydrogen-bond donors (Lipinski definition) is 0. The fourth-order valence-corrected chi connectivity index (χ4v) is 4.67. The number of carbonyl (C=O) groups excluding carboxylic acids is 1. The van der Waals surface area contributed by atoms with Crippen LogP contribution in [0.1, 0.15) is 31.9 Å². The first-order valence-electron chi connectivity index (χ1n) is 14.1. The molecule has 0 saturated carbocycles. The Morgan fingerprint density at radius 3 is 2.05 bits per heavy atom. The fraction of sp³-hybridized carbons (Fsp3) is 0.294. The van der Waals surface area contributed by atoms with Gasteiger partial charge in [-0.25, -0.2) is 9.18 Å². The summed E-state index contributed by atoms with van der Waals surface area (Å²) in [6, 6.07) is 28.4. The molecule has 7 nitrogen and oxygen atoms in total. The number of rotatable bonds is 8. The van der Waals surface area contributed by atoms with Crippen molar-refractivity contribution >= 4 is 11.8 Å². The molecule has 1 fully saturated rings. The third-order valence-corrected chi connectivity index (χ3v) is 6.81. The molecule has 0 spiro atoms. The zero-order chi connectivity index (χ0) is 29.5. The van der Waals surface area contributed by atoms with Crippen molar-refractivity contribution < 1.29 is 23.4 Å². The summed E-state index contributed by atoms with van der Waals surface area (Å²) >= 11 is 0. The summed E-state index contributed by atoms with van der Waals surface area (Å²) in [5.41, 5.74) is 3.44. The fourth-order valence-electron chi connectivity index (χ4n) is 4.67. The zero-order valence-corrected chi connectivity index (χ0v) is 24.3. The van der Waals surface area contributed by atoms with Gasteiger partial charge in [0.2, 0.25) is 11.8 Å². The van der Waals surface area contributed by atoms with E-state index in [0.29, 0.717) is 56.8 Å². The lowest BCUT2D eigenvalue weighted by atomic mass is 10.1. The van der Waals surface area contributed by atoms with Crippen molar-refractivity contribution in [1.29, 1.82) is 0 Å². The third-order valence-electron chi connectivity index (χ3n) is 6.81. The Morgan fingerprint density at radius 1 is 0.810 bits per heavy atom. The van der Waals surface area contributed by atoms with E-state index in [1.54, 1.807) is 17.0 Å². The molecule has 0 unspecified atom stereocenters. The molecule has 0 bridgehead atoms.